The van der Waals surface area contributed by atoms with Crippen LogP contribution in [0.4, 0.5) is 5.00 Å². The molecule has 0 fully saturated rings. The SMILES string of the molecule is Cc1nn(CC(C)C)c(Cl)c1/C=C/C(=O)Nc1sc(C)c(C)c1C(N)=O. The highest BCUT2D eigenvalue weighted by molar-refractivity contribution is 7.16. The van der Waals surface area contributed by atoms with Crippen molar-refractivity contribution >= 4 is 45.8 Å². The van der Waals surface area contributed by atoms with E-state index in [4.69, 9.17) is 17.3 Å². The number of nitrogens with two attached hydrogens (primary N) is 1. The first-order valence-electron chi connectivity index (χ1n) is 8.23. The lowest BCUT2D eigenvalue weighted by Gasteiger charge is -2.05. The van der Waals surface area contributed by atoms with Crippen molar-refractivity contribution in [3.63, 3.8) is 0 Å². The quantitative estimate of drug-likeness (QED) is 0.727. The number of thiophene rings is 1. The third kappa shape index (κ3) is 4.34. The molecule has 0 spiro atoms. The molecule has 2 amide bonds. The fourth-order valence-corrected chi connectivity index (χ4v) is 3.92. The fourth-order valence-electron chi connectivity index (χ4n) is 2.55. The average Bonchev–Trinajstić information content (AvgIpc) is 2.93. The van der Waals surface area contributed by atoms with Gasteiger partial charge in [0.2, 0.25) is 5.91 Å². The van der Waals surface area contributed by atoms with Crippen LogP contribution in [0.1, 0.15) is 45.9 Å². The van der Waals surface area contributed by atoms with E-state index in [1.54, 1.807) is 10.8 Å². The van der Waals surface area contributed by atoms with Gasteiger partial charge in [-0.1, -0.05) is 25.4 Å². The molecular formula is C18H23ClN4O2S. The highest BCUT2D eigenvalue weighted by Crippen LogP contribution is 2.32. The van der Waals surface area contributed by atoms with Gasteiger partial charge in [-0.25, -0.2) is 0 Å². The van der Waals surface area contributed by atoms with E-state index in [0.717, 1.165) is 16.1 Å². The summed E-state index contributed by atoms with van der Waals surface area (Å²) in [6.45, 7) is 10.4. The van der Waals surface area contributed by atoms with Crippen molar-refractivity contribution in [1.82, 2.24) is 9.78 Å². The van der Waals surface area contributed by atoms with Crippen molar-refractivity contribution in [3.8, 4) is 0 Å². The summed E-state index contributed by atoms with van der Waals surface area (Å²) in [4.78, 5) is 24.8. The Morgan fingerprint density at radius 1 is 1.35 bits per heavy atom. The zero-order valence-electron chi connectivity index (χ0n) is 15.5. The molecule has 0 atom stereocenters. The summed E-state index contributed by atoms with van der Waals surface area (Å²) in [5, 5.41) is 8.09. The topological polar surface area (TPSA) is 90.0 Å². The first-order valence-corrected chi connectivity index (χ1v) is 9.43. The Kier molecular flexibility index (Phi) is 6.26. The molecule has 0 saturated heterocycles. The first-order chi connectivity index (χ1) is 12.1. The Morgan fingerprint density at radius 2 is 2.00 bits per heavy atom. The predicted octanol–water partition coefficient (Wildman–Crippen LogP) is 3.93. The molecule has 26 heavy (non-hydrogen) atoms. The summed E-state index contributed by atoms with van der Waals surface area (Å²) >= 11 is 7.69. The molecule has 0 aliphatic rings. The van der Waals surface area contributed by atoms with Gasteiger partial charge >= 0.3 is 0 Å². The molecular weight excluding hydrogens is 372 g/mol. The van der Waals surface area contributed by atoms with Gasteiger partial charge in [-0.05, 0) is 38.3 Å². The van der Waals surface area contributed by atoms with E-state index >= 15 is 0 Å². The number of primary amides is 1. The second kappa shape index (κ2) is 8.05. The molecule has 0 radical (unpaired) electrons. The molecule has 0 aliphatic carbocycles. The number of aromatic nitrogens is 2. The number of hydrogen-bond donors (Lipinski definition) is 2. The second-order valence-electron chi connectivity index (χ2n) is 6.54. The third-order valence-electron chi connectivity index (χ3n) is 3.92. The predicted molar refractivity (Wildman–Crippen MR) is 107 cm³/mol. The lowest BCUT2D eigenvalue weighted by atomic mass is 10.1. The second-order valence-corrected chi connectivity index (χ2v) is 8.12. The number of aryl methyl sites for hydroxylation is 2. The van der Waals surface area contributed by atoms with E-state index < -0.39 is 5.91 Å². The number of anilines is 1. The average molecular weight is 395 g/mol. The monoisotopic (exact) mass is 394 g/mol. The number of amides is 2. The molecule has 2 aromatic rings. The summed E-state index contributed by atoms with van der Waals surface area (Å²) in [7, 11) is 0. The molecule has 0 saturated carbocycles. The van der Waals surface area contributed by atoms with Gasteiger partial charge in [0.1, 0.15) is 10.2 Å². The van der Waals surface area contributed by atoms with Crippen LogP contribution in [-0.4, -0.2) is 21.6 Å². The largest absolute Gasteiger partial charge is 0.365 e. The minimum absolute atomic E-state index is 0.355. The molecule has 6 nitrogen and oxygen atoms in total. The molecule has 140 valence electrons. The number of nitrogens with one attached hydrogen (secondary N) is 1. The minimum Gasteiger partial charge on any atom is -0.365 e. The van der Waals surface area contributed by atoms with Gasteiger partial charge in [-0.2, -0.15) is 5.10 Å². The smallest absolute Gasteiger partial charge is 0.251 e. The highest BCUT2D eigenvalue weighted by Gasteiger charge is 2.18. The number of carbonyl (C=O) groups is 2. The molecule has 2 rings (SSSR count). The standard InChI is InChI=1S/C18H23ClN4O2S/c1-9(2)8-23-16(19)13(11(4)22-23)6-7-14(24)21-18-15(17(20)25)10(3)12(5)26-18/h6-7,9H,8H2,1-5H3,(H2,20,25)(H,21,24)/b7-6+. The van der Waals surface area contributed by atoms with Crippen molar-refractivity contribution in [1.29, 1.82) is 0 Å². The third-order valence-corrected chi connectivity index (χ3v) is 5.44. The molecule has 0 unspecified atom stereocenters. The van der Waals surface area contributed by atoms with Gasteiger partial charge in [0.05, 0.1) is 11.3 Å². The van der Waals surface area contributed by atoms with E-state index in [1.807, 2.05) is 20.8 Å². The number of nitrogens with zero attached hydrogens (tertiary/aromatic N) is 2. The van der Waals surface area contributed by atoms with Crippen LogP contribution >= 0.6 is 22.9 Å². The van der Waals surface area contributed by atoms with Gasteiger partial charge in [0.15, 0.2) is 0 Å². The van der Waals surface area contributed by atoms with E-state index in [-0.39, 0.29) is 5.91 Å². The maximum atomic E-state index is 12.3. The maximum absolute atomic E-state index is 12.3. The van der Waals surface area contributed by atoms with E-state index in [0.29, 0.717) is 33.7 Å². The maximum Gasteiger partial charge on any atom is 0.251 e. The van der Waals surface area contributed by atoms with Crippen molar-refractivity contribution in [2.45, 2.75) is 41.2 Å². The lowest BCUT2D eigenvalue weighted by Crippen LogP contribution is -2.16. The van der Waals surface area contributed by atoms with Crippen LogP contribution in [0.15, 0.2) is 6.08 Å². The van der Waals surface area contributed by atoms with Gasteiger partial charge in [0, 0.05) is 23.1 Å². The molecule has 8 heteroatoms. The van der Waals surface area contributed by atoms with Crippen molar-refractivity contribution in [2.24, 2.45) is 11.7 Å². The minimum atomic E-state index is -0.556. The normalized spacial score (nSPS) is 11.5. The number of rotatable bonds is 6. The summed E-state index contributed by atoms with van der Waals surface area (Å²) in [6.07, 6.45) is 3.01. The Bertz CT molecular complexity index is 880. The van der Waals surface area contributed by atoms with Crippen molar-refractivity contribution in [3.05, 3.63) is 38.5 Å². The fraction of sp³-hybridized carbons (Fsp3) is 0.389. The van der Waals surface area contributed by atoms with Crippen LogP contribution in [0.25, 0.3) is 6.08 Å². The zero-order chi connectivity index (χ0) is 19.6. The Balaban J connectivity index is 2.20. The Labute approximate surface area is 162 Å². The lowest BCUT2D eigenvalue weighted by molar-refractivity contribution is -0.111. The zero-order valence-corrected chi connectivity index (χ0v) is 17.1. The number of hydrogen-bond acceptors (Lipinski definition) is 4. The molecule has 0 bridgehead atoms. The van der Waals surface area contributed by atoms with Crippen LogP contribution in [-0.2, 0) is 11.3 Å². The summed E-state index contributed by atoms with van der Waals surface area (Å²) < 4.78 is 1.73. The van der Waals surface area contributed by atoms with Crippen LogP contribution in [0.3, 0.4) is 0 Å². The number of halogens is 1. The summed E-state index contributed by atoms with van der Waals surface area (Å²) in [5.74, 6) is -0.509. The van der Waals surface area contributed by atoms with E-state index in [9.17, 15) is 9.59 Å². The Hall–Kier alpha value is -2.12. The molecule has 3 N–H and O–H groups in total. The Morgan fingerprint density at radius 3 is 2.58 bits per heavy atom. The van der Waals surface area contributed by atoms with Gasteiger partial charge in [0.25, 0.3) is 5.91 Å². The summed E-state index contributed by atoms with van der Waals surface area (Å²) in [6, 6.07) is 0. The molecule has 0 aromatic carbocycles. The van der Waals surface area contributed by atoms with Crippen LogP contribution in [0.5, 0.6) is 0 Å². The van der Waals surface area contributed by atoms with E-state index in [1.165, 1.54) is 17.4 Å². The summed E-state index contributed by atoms with van der Waals surface area (Å²) in [5.41, 5.74) is 8.02. The number of carbonyl (C=O) groups excluding carboxylic acids is 2. The first kappa shape index (κ1) is 20.2. The van der Waals surface area contributed by atoms with Crippen molar-refractivity contribution < 1.29 is 9.59 Å². The highest BCUT2D eigenvalue weighted by atomic mass is 35.5. The van der Waals surface area contributed by atoms with Crippen LogP contribution < -0.4 is 11.1 Å². The van der Waals surface area contributed by atoms with Crippen molar-refractivity contribution in [2.75, 3.05) is 5.32 Å². The van der Waals surface area contributed by atoms with Crippen LogP contribution in [0, 0.1) is 26.7 Å². The van der Waals surface area contributed by atoms with Gasteiger partial charge in [-0.3, -0.25) is 14.3 Å². The molecule has 0 aliphatic heterocycles. The van der Waals surface area contributed by atoms with Gasteiger partial charge in [-0.15, -0.1) is 11.3 Å². The molecule has 2 heterocycles. The van der Waals surface area contributed by atoms with Gasteiger partial charge < -0.3 is 11.1 Å². The van der Waals surface area contributed by atoms with Crippen LogP contribution in [0.2, 0.25) is 5.15 Å². The molecule has 2 aromatic heterocycles. The van der Waals surface area contributed by atoms with E-state index in [2.05, 4.69) is 24.3 Å².